The minimum Gasteiger partial charge on any atom is -0.299 e. The largest absolute Gasteiger partial charge is 0.299 e. The van der Waals surface area contributed by atoms with Crippen molar-refractivity contribution in [1.29, 1.82) is 0 Å². The molecule has 0 saturated heterocycles. The molecule has 2 rings (SSSR count). The van der Waals surface area contributed by atoms with Crippen molar-refractivity contribution in [1.82, 2.24) is 0 Å². The lowest BCUT2D eigenvalue weighted by Gasteiger charge is -2.42. The monoisotopic (exact) mass is 194 g/mol. The molecule has 4 atom stereocenters. The second-order valence-electron chi connectivity index (χ2n) is 6.06. The van der Waals surface area contributed by atoms with Crippen molar-refractivity contribution in [2.24, 2.45) is 29.1 Å². The van der Waals surface area contributed by atoms with Gasteiger partial charge in [-0.25, -0.2) is 0 Å². The molecule has 80 valence electrons. The van der Waals surface area contributed by atoms with Crippen LogP contribution in [0.25, 0.3) is 0 Å². The molecule has 1 heteroatoms. The highest BCUT2D eigenvalue weighted by molar-refractivity contribution is 5.86. The average molecular weight is 194 g/mol. The normalized spacial score (nSPS) is 46.4. The first-order chi connectivity index (χ1) is 6.45. The molecule has 0 N–H and O–H groups in total. The average Bonchev–Trinajstić information content (AvgIpc) is 2.31. The number of hydrogen-bond acceptors (Lipinski definition) is 1. The van der Waals surface area contributed by atoms with E-state index in [1.807, 2.05) is 0 Å². The number of fused-ring (bicyclic) bond motifs is 1. The molecular formula is C13H22O. The molecular weight excluding hydrogens is 172 g/mol. The fraction of sp³-hybridized carbons (Fsp3) is 0.923. The first-order valence-electron chi connectivity index (χ1n) is 5.99. The van der Waals surface area contributed by atoms with Crippen molar-refractivity contribution in [3.05, 3.63) is 0 Å². The van der Waals surface area contributed by atoms with E-state index in [9.17, 15) is 4.79 Å². The van der Waals surface area contributed by atoms with Crippen LogP contribution in [0.3, 0.4) is 0 Å². The van der Waals surface area contributed by atoms with Crippen molar-refractivity contribution in [3.63, 3.8) is 0 Å². The summed E-state index contributed by atoms with van der Waals surface area (Å²) in [5.74, 6) is 2.50. The topological polar surface area (TPSA) is 17.1 Å². The lowest BCUT2D eigenvalue weighted by Crippen LogP contribution is -2.36. The first-order valence-corrected chi connectivity index (χ1v) is 5.99. The Balaban J connectivity index is 2.32. The summed E-state index contributed by atoms with van der Waals surface area (Å²) < 4.78 is 0. The lowest BCUT2D eigenvalue weighted by atomic mass is 9.62. The fourth-order valence-corrected chi connectivity index (χ4v) is 3.97. The molecule has 0 amide bonds. The van der Waals surface area contributed by atoms with Gasteiger partial charge in [0.15, 0.2) is 0 Å². The van der Waals surface area contributed by atoms with Crippen molar-refractivity contribution >= 4 is 5.78 Å². The van der Waals surface area contributed by atoms with Crippen LogP contribution in [0.15, 0.2) is 0 Å². The van der Waals surface area contributed by atoms with Gasteiger partial charge < -0.3 is 0 Å². The summed E-state index contributed by atoms with van der Waals surface area (Å²) >= 11 is 0. The third kappa shape index (κ3) is 1.24. The van der Waals surface area contributed by atoms with Crippen LogP contribution in [-0.4, -0.2) is 5.78 Å². The Morgan fingerprint density at radius 2 is 1.93 bits per heavy atom. The van der Waals surface area contributed by atoms with Gasteiger partial charge in [0, 0.05) is 11.8 Å². The van der Waals surface area contributed by atoms with E-state index >= 15 is 0 Å². The maximum atomic E-state index is 12.0. The molecule has 0 aromatic rings. The van der Waals surface area contributed by atoms with Gasteiger partial charge in [-0.05, 0) is 30.1 Å². The van der Waals surface area contributed by atoms with Gasteiger partial charge in [0.2, 0.25) is 0 Å². The summed E-state index contributed by atoms with van der Waals surface area (Å²) in [5.41, 5.74) is 0.392. The van der Waals surface area contributed by atoms with E-state index in [2.05, 4.69) is 27.7 Å². The van der Waals surface area contributed by atoms with Crippen LogP contribution in [0, 0.1) is 29.1 Å². The second kappa shape index (κ2) is 3.08. The quantitative estimate of drug-likeness (QED) is 0.578. The molecule has 14 heavy (non-hydrogen) atoms. The zero-order chi connectivity index (χ0) is 10.5. The van der Waals surface area contributed by atoms with Gasteiger partial charge in [-0.15, -0.1) is 0 Å². The molecule has 0 spiro atoms. The highest BCUT2D eigenvalue weighted by Gasteiger charge is 2.52. The Bertz CT molecular complexity index is 254. The van der Waals surface area contributed by atoms with Gasteiger partial charge in [0.05, 0.1) is 0 Å². The van der Waals surface area contributed by atoms with Crippen LogP contribution in [0.4, 0.5) is 0 Å². The third-order valence-corrected chi connectivity index (χ3v) is 4.84. The molecule has 4 unspecified atom stereocenters. The molecule has 2 aliphatic carbocycles. The molecule has 1 nitrogen and oxygen atoms in total. The lowest BCUT2D eigenvalue weighted by molar-refractivity contribution is -0.125. The van der Waals surface area contributed by atoms with Gasteiger partial charge in [0.1, 0.15) is 5.78 Å². The van der Waals surface area contributed by atoms with E-state index in [1.54, 1.807) is 0 Å². The highest BCUT2D eigenvalue weighted by Crippen LogP contribution is 2.54. The number of carbonyl (C=O) groups is 1. The second-order valence-corrected chi connectivity index (χ2v) is 6.06. The maximum Gasteiger partial charge on any atom is 0.139 e. The van der Waals surface area contributed by atoms with Crippen molar-refractivity contribution in [2.45, 2.75) is 47.0 Å². The SMILES string of the molecule is CC1C(=O)C2CCCC(C)(C)C2C1C. The first kappa shape index (κ1) is 10.2. The molecule has 2 fully saturated rings. The van der Waals surface area contributed by atoms with Gasteiger partial charge in [0.25, 0.3) is 0 Å². The van der Waals surface area contributed by atoms with E-state index in [4.69, 9.17) is 0 Å². The van der Waals surface area contributed by atoms with Crippen LogP contribution in [-0.2, 0) is 4.79 Å². The minimum atomic E-state index is 0.308. The molecule has 0 aromatic carbocycles. The number of Topliss-reactive ketones (excluding diaryl/α,β-unsaturated/α-hetero) is 1. The Hall–Kier alpha value is -0.330. The molecule has 2 aliphatic rings. The number of ketones is 1. The Labute approximate surface area is 87.3 Å². The van der Waals surface area contributed by atoms with Crippen molar-refractivity contribution in [2.75, 3.05) is 0 Å². The van der Waals surface area contributed by atoms with E-state index in [0.717, 1.165) is 6.42 Å². The smallest absolute Gasteiger partial charge is 0.139 e. The molecule has 0 radical (unpaired) electrons. The Morgan fingerprint density at radius 3 is 2.50 bits per heavy atom. The summed E-state index contributed by atoms with van der Waals surface area (Å²) in [5, 5.41) is 0. The van der Waals surface area contributed by atoms with Crippen molar-refractivity contribution in [3.8, 4) is 0 Å². The summed E-state index contributed by atoms with van der Waals surface area (Å²) in [4.78, 5) is 12.0. The van der Waals surface area contributed by atoms with Crippen LogP contribution in [0.1, 0.15) is 47.0 Å². The van der Waals surface area contributed by atoms with E-state index in [0.29, 0.717) is 34.9 Å². The Kier molecular flexibility index (Phi) is 2.24. The van der Waals surface area contributed by atoms with Gasteiger partial charge in [-0.1, -0.05) is 34.1 Å². The zero-order valence-corrected chi connectivity index (χ0v) is 9.84. The van der Waals surface area contributed by atoms with Gasteiger partial charge in [-0.2, -0.15) is 0 Å². The molecule has 0 aromatic heterocycles. The Morgan fingerprint density at radius 1 is 1.29 bits per heavy atom. The zero-order valence-electron chi connectivity index (χ0n) is 9.84. The molecule has 0 aliphatic heterocycles. The third-order valence-electron chi connectivity index (χ3n) is 4.84. The van der Waals surface area contributed by atoms with Crippen LogP contribution >= 0.6 is 0 Å². The van der Waals surface area contributed by atoms with Gasteiger partial charge in [-0.3, -0.25) is 4.79 Å². The highest BCUT2D eigenvalue weighted by atomic mass is 16.1. The number of hydrogen-bond donors (Lipinski definition) is 0. The van der Waals surface area contributed by atoms with Crippen molar-refractivity contribution < 1.29 is 4.79 Å². The molecule has 0 bridgehead atoms. The number of rotatable bonds is 0. The van der Waals surface area contributed by atoms with E-state index < -0.39 is 0 Å². The summed E-state index contributed by atoms with van der Waals surface area (Å²) in [7, 11) is 0. The number of carbonyl (C=O) groups excluding carboxylic acids is 1. The summed E-state index contributed by atoms with van der Waals surface area (Å²) in [6, 6.07) is 0. The van der Waals surface area contributed by atoms with Gasteiger partial charge >= 0.3 is 0 Å². The van der Waals surface area contributed by atoms with E-state index in [-0.39, 0.29) is 0 Å². The van der Waals surface area contributed by atoms with Crippen LogP contribution < -0.4 is 0 Å². The minimum absolute atomic E-state index is 0.308. The summed E-state index contributed by atoms with van der Waals surface area (Å²) in [6.07, 6.45) is 3.71. The molecule has 0 heterocycles. The maximum absolute atomic E-state index is 12.0. The predicted molar refractivity (Wildman–Crippen MR) is 57.9 cm³/mol. The predicted octanol–water partition coefficient (Wildman–Crippen LogP) is 3.28. The molecule has 2 saturated carbocycles. The summed E-state index contributed by atoms with van der Waals surface area (Å²) in [6.45, 7) is 9.11. The standard InChI is InChI=1S/C13H22O/c1-8-9(2)12(14)10-6-5-7-13(3,4)11(8)10/h8-11H,5-7H2,1-4H3. The fourth-order valence-electron chi connectivity index (χ4n) is 3.97. The van der Waals surface area contributed by atoms with E-state index in [1.165, 1.54) is 12.8 Å². The van der Waals surface area contributed by atoms with Crippen LogP contribution in [0.5, 0.6) is 0 Å². The van der Waals surface area contributed by atoms with Crippen LogP contribution in [0.2, 0.25) is 0 Å².